The van der Waals surface area contributed by atoms with Crippen LogP contribution in [0.25, 0.3) is 33.0 Å². The molecular formula is C28H29N5O2S. The second kappa shape index (κ2) is 9.54. The van der Waals surface area contributed by atoms with E-state index in [2.05, 4.69) is 50.7 Å². The van der Waals surface area contributed by atoms with Gasteiger partial charge in [-0.05, 0) is 29.8 Å². The molecule has 0 unspecified atom stereocenters. The molecule has 184 valence electrons. The molecule has 3 heterocycles. The Kier molecular flexibility index (Phi) is 6.08. The van der Waals surface area contributed by atoms with Crippen LogP contribution in [0.2, 0.25) is 0 Å². The Hall–Kier alpha value is -3.46. The first kappa shape index (κ1) is 23.0. The molecule has 0 amide bonds. The molecule has 7 nitrogen and oxygen atoms in total. The minimum atomic E-state index is 0.805. The van der Waals surface area contributed by atoms with Crippen LogP contribution in [0.1, 0.15) is 21.6 Å². The number of H-pyrrole nitrogens is 1. The number of fused-ring (bicyclic) bond motifs is 3. The molecule has 0 radical (unpaired) electrons. The molecule has 1 fully saturated rings. The quantitative estimate of drug-likeness (QED) is 0.266. The molecule has 1 aliphatic heterocycles. The van der Waals surface area contributed by atoms with Gasteiger partial charge in [0.1, 0.15) is 5.75 Å². The molecule has 1 saturated heterocycles. The van der Waals surface area contributed by atoms with Crippen LogP contribution >= 0.6 is 11.3 Å². The zero-order valence-electron chi connectivity index (χ0n) is 20.5. The van der Waals surface area contributed by atoms with E-state index in [1.54, 1.807) is 7.11 Å². The minimum Gasteiger partial charge on any atom is -0.496 e. The summed E-state index contributed by atoms with van der Waals surface area (Å²) in [5.74, 6) is 0.914. The number of aromatic amines is 1. The van der Waals surface area contributed by atoms with E-state index >= 15 is 0 Å². The molecule has 1 aliphatic carbocycles. The predicted molar refractivity (Wildman–Crippen MR) is 146 cm³/mol. The summed E-state index contributed by atoms with van der Waals surface area (Å²) >= 11 is 1.83. The Morgan fingerprint density at radius 2 is 2.03 bits per heavy atom. The lowest BCUT2D eigenvalue weighted by Gasteiger charge is -2.26. The SMILES string of the molecule is CNc1cc(-c2n[nH]c3c2Cc2sc(-c4ccc(CN5CCOCC5)cc4OC)cc2-3)ccc1C=N. The van der Waals surface area contributed by atoms with Gasteiger partial charge in [0.05, 0.1) is 31.7 Å². The molecule has 4 aromatic rings. The van der Waals surface area contributed by atoms with Gasteiger partial charge in [-0.2, -0.15) is 5.10 Å². The van der Waals surface area contributed by atoms with Crippen molar-refractivity contribution in [2.75, 3.05) is 45.8 Å². The molecule has 0 bridgehead atoms. The normalized spacial score (nSPS) is 14.9. The van der Waals surface area contributed by atoms with Crippen molar-refractivity contribution in [3.63, 3.8) is 0 Å². The lowest BCUT2D eigenvalue weighted by molar-refractivity contribution is 0.0342. The number of hydrogen-bond donors (Lipinski definition) is 3. The highest BCUT2D eigenvalue weighted by Gasteiger charge is 2.28. The number of hydrogen-bond acceptors (Lipinski definition) is 7. The van der Waals surface area contributed by atoms with Gasteiger partial charge in [0.2, 0.25) is 0 Å². The summed E-state index contributed by atoms with van der Waals surface area (Å²) in [5, 5.41) is 18.8. The first-order valence-corrected chi connectivity index (χ1v) is 13.0. The number of rotatable bonds is 7. The van der Waals surface area contributed by atoms with Crippen molar-refractivity contribution in [3.8, 4) is 38.7 Å². The van der Waals surface area contributed by atoms with Crippen LogP contribution in [-0.4, -0.2) is 61.8 Å². The zero-order chi connectivity index (χ0) is 24.6. The molecule has 0 atom stereocenters. The van der Waals surface area contributed by atoms with Crippen LogP contribution in [0, 0.1) is 5.41 Å². The van der Waals surface area contributed by atoms with Crippen molar-refractivity contribution < 1.29 is 9.47 Å². The van der Waals surface area contributed by atoms with Crippen LogP contribution in [0.5, 0.6) is 5.75 Å². The summed E-state index contributed by atoms with van der Waals surface area (Å²) in [6.07, 6.45) is 2.23. The van der Waals surface area contributed by atoms with E-state index in [9.17, 15) is 0 Å². The van der Waals surface area contributed by atoms with E-state index < -0.39 is 0 Å². The maximum Gasteiger partial charge on any atom is 0.127 e. The van der Waals surface area contributed by atoms with Crippen molar-refractivity contribution in [1.29, 1.82) is 5.41 Å². The van der Waals surface area contributed by atoms with Gasteiger partial charge in [-0.15, -0.1) is 11.3 Å². The van der Waals surface area contributed by atoms with Crippen LogP contribution in [0.4, 0.5) is 5.69 Å². The van der Waals surface area contributed by atoms with Crippen molar-refractivity contribution in [2.24, 2.45) is 0 Å². The zero-order valence-corrected chi connectivity index (χ0v) is 21.3. The Bertz CT molecular complexity index is 1430. The third kappa shape index (κ3) is 4.01. The molecular weight excluding hydrogens is 470 g/mol. The van der Waals surface area contributed by atoms with Gasteiger partial charge in [-0.25, -0.2) is 0 Å². The standard InChI is InChI=1S/C28H29N5O2S/c1-30-23-12-18(4-5-19(23)15-29)27-22-14-26-21(28(22)32-31-27)13-25(36-26)20-6-3-17(11-24(20)34-2)16-33-7-9-35-10-8-33/h3-6,11-13,15,29-30H,7-10,14,16H2,1-2H3,(H,31,32). The number of nitrogens with one attached hydrogen (secondary N) is 3. The molecule has 36 heavy (non-hydrogen) atoms. The summed E-state index contributed by atoms with van der Waals surface area (Å²) in [6, 6.07) is 14.9. The second-order valence-electron chi connectivity index (χ2n) is 9.17. The number of morpholine rings is 1. The lowest BCUT2D eigenvalue weighted by Crippen LogP contribution is -2.35. The Morgan fingerprint density at radius 1 is 1.17 bits per heavy atom. The third-order valence-electron chi connectivity index (χ3n) is 7.08. The maximum absolute atomic E-state index is 7.61. The average Bonchev–Trinajstić information content (AvgIpc) is 3.60. The minimum absolute atomic E-state index is 0.805. The number of benzene rings is 2. The maximum atomic E-state index is 7.61. The highest BCUT2D eigenvalue weighted by atomic mass is 32.1. The number of ether oxygens (including phenoxy) is 2. The largest absolute Gasteiger partial charge is 0.496 e. The molecule has 0 saturated carbocycles. The van der Waals surface area contributed by atoms with Crippen molar-refractivity contribution in [3.05, 3.63) is 64.0 Å². The summed E-state index contributed by atoms with van der Waals surface area (Å²) < 4.78 is 11.3. The summed E-state index contributed by atoms with van der Waals surface area (Å²) in [4.78, 5) is 4.98. The van der Waals surface area contributed by atoms with Crippen LogP contribution in [0.3, 0.4) is 0 Å². The summed E-state index contributed by atoms with van der Waals surface area (Å²) in [6.45, 7) is 4.47. The number of nitrogens with zero attached hydrogens (tertiary/aromatic N) is 2. The van der Waals surface area contributed by atoms with Crippen LogP contribution in [-0.2, 0) is 17.7 Å². The van der Waals surface area contributed by atoms with Crippen molar-refractivity contribution in [1.82, 2.24) is 15.1 Å². The van der Waals surface area contributed by atoms with Gasteiger partial charge in [0.25, 0.3) is 0 Å². The van der Waals surface area contributed by atoms with E-state index in [1.165, 1.54) is 32.7 Å². The van der Waals surface area contributed by atoms with Gasteiger partial charge in [0.15, 0.2) is 0 Å². The molecule has 2 aliphatic rings. The first-order chi connectivity index (χ1) is 17.7. The van der Waals surface area contributed by atoms with Crippen molar-refractivity contribution >= 4 is 23.2 Å². The highest BCUT2D eigenvalue weighted by molar-refractivity contribution is 7.16. The van der Waals surface area contributed by atoms with Gasteiger partial charge >= 0.3 is 0 Å². The fraction of sp³-hybridized carbons (Fsp3) is 0.286. The van der Waals surface area contributed by atoms with E-state index in [-0.39, 0.29) is 0 Å². The molecule has 2 aromatic heterocycles. The Balaban J connectivity index is 1.28. The fourth-order valence-corrected chi connectivity index (χ4v) is 6.37. The van der Waals surface area contributed by atoms with Gasteiger partial charge in [0, 0.05) is 82.6 Å². The van der Waals surface area contributed by atoms with Crippen LogP contribution in [0.15, 0.2) is 42.5 Å². The molecule has 0 spiro atoms. The topological polar surface area (TPSA) is 86.3 Å². The Morgan fingerprint density at radius 3 is 2.81 bits per heavy atom. The summed E-state index contributed by atoms with van der Waals surface area (Å²) in [5.41, 5.74) is 9.78. The molecule has 2 aromatic carbocycles. The van der Waals surface area contributed by atoms with Gasteiger partial charge < -0.3 is 20.2 Å². The van der Waals surface area contributed by atoms with E-state index in [0.717, 1.165) is 78.8 Å². The van der Waals surface area contributed by atoms with Crippen molar-refractivity contribution in [2.45, 2.75) is 13.0 Å². The lowest BCUT2D eigenvalue weighted by atomic mass is 10.0. The molecule has 6 rings (SSSR count). The van der Waals surface area contributed by atoms with Crippen LogP contribution < -0.4 is 10.1 Å². The Labute approximate surface area is 214 Å². The first-order valence-electron chi connectivity index (χ1n) is 12.2. The smallest absolute Gasteiger partial charge is 0.127 e. The number of methoxy groups -OCH3 is 1. The number of thiophene rings is 1. The van der Waals surface area contributed by atoms with Gasteiger partial charge in [-0.1, -0.05) is 18.2 Å². The molecule has 3 N–H and O–H groups in total. The van der Waals surface area contributed by atoms with Gasteiger partial charge in [-0.3, -0.25) is 10.00 Å². The van der Waals surface area contributed by atoms with E-state index in [0.29, 0.717) is 0 Å². The highest BCUT2D eigenvalue weighted by Crippen LogP contribution is 2.48. The third-order valence-corrected chi connectivity index (χ3v) is 8.24. The second-order valence-corrected chi connectivity index (χ2v) is 10.3. The summed E-state index contributed by atoms with van der Waals surface area (Å²) in [7, 11) is 3.63. The monoisotopic (exact) mass is 499 g/mol. The van der Waals surface area contributed by atoms with E-state index in [1.807, 2.05) is 30.5 Å². The van der Waals surface area contributed by atoms with E-state index in [4.69, 9.17) is 14.9 Å². The average molecular weight is 500 g/mol. The number of aromatic nitrogens is 2. The fourth-order valence-electron chi connectivity index (χ4n) is 5.16. The number of anilines is 1. The molecule has 8 heteroatoms. The predicted octanol–water partition coefficient (Wildman–Crippen LogP) is 5.26.